The molecule has 0 aliphatic carbocycles. The van der Waals surface area contributed by atoms with Gasteiger partial charge in [0.25, 0.3) is 0 Å². The number of hydrogen-bond donors (Lipinski definition) is 6. The first kappa shape index (κ1) is 47.5. The Morgan fingerprint density at radius 1 is 0.521 bits per heavy atom. The highest BCUT2D eigenvalue weighted by atomic mass is 31.2. The molecule has 2 unspecified atom stereocenters. The Kier molecular flexibility index (Phi) is 33.2. The van der Waals surface area contributed by atoms with Crippen molar-refractivity contribution in [2.45, 2.75) is 237 Å². The first-order valence-electron chi connectivity index (χ1n) is 20.2. The first-order valence-corrected chi connectivity index (χ1v) is 21.7. The molecule has 0 rings (SSSR count). The second kappa shape index (κ2) is 33.6. The minimum absolute atomic E-state index is 0.222. The van der Waals surface area contributed by atoms with Crippen molar-refractivity contribution in [3.63, 3.8) is 0 Å². The monoisotopic (exact) mass is 708 g/mol. The van der Waals surface area contributed by atoms with Crippen molar-refractivity contribution >= 4 is 13.7 Å². The number of carbonyl (C=O) groups is 1. The highest BCUT2D eigenvalue weighted by Gasteiger charge is 2.34. The molecule has 6 N–H and O–H groups in total. The van der Waals surface area contributed by atoms with E-state index in [2.05, 4.69) is 23.7 Å². The van der Waals surface area contributed by atoms with Crippen LogP contribution in [0, 0.1) is 0 Å². The number of phosphoric acid groups is 1. The van der Waals surface area contributed by atoms with Crippen molar-refractivity contribution < 1.29 is 39.0 Å². The van der Waals surface area contributed by atoms with Gasteiger partial charge in [-0.2, -0.15) is 0 Å². The summed E-state index contributed by atoms with van der Waals surface area (Å²) in [6.45, 7) is 4.49. The maximum Gasteiger partial charge on any atom is 0.471 e. The van der Waals surface area contributed by atoms with Crippen LogP contribution in [0.15, 0.2) is 0 Å². The Morgan fingerprint density at radius 2 is 0.812 bits per heavy atom. The van der Waals surface area contributed by atoms with Crippen LogP contribution >= 0.6 is 7.82 Å². The van der Waals surface area contributed by atoms with Crippen LogP contribution in [0.1, 0.15) is 213 Å². The predicted octanol–water partition coefficient (Wildman–Crippen LogP) is 9.75. The molecule has 0 fully saturated rings. The number of amides is 1. The van der Waals surface area contributed by atoms with E-state index in [0.717, 1.165) is 38.5 Å². The minimum atomic E-state index is -5.06. The average molecular weight is 708 g/mol. The van der Waals surface area contributed by atoms with Crippen molar-refractivity contribution in [1.29, 1.82) is 0 Å². The molecule has 0 aromatic carbocycles. The maximum atomic E-state index is 12.7. The summed E-state index contributed by atoms with van der Waals surface area (Å²) in [4.78, 5) is 31.0. The lowest BCUT2D eigenvalue weighted by Crippen LogP contribution is -2.54. The fraction of sp³-hybridized carbons (Fsp3) is 0.974. The van der Waals surface area contributed by atoms with E-state index in [1.54, 1.807) is 0 Å². The average Bonchev–Trinajstić information content (AvgIpc) is 3.04. The van der Waals surface area contributed by atoms with Gasteiger partial charge in [-0.05, 0) is 12.8 Å². The summed E-state index contributed by atoms with van der Waals surface area (Å²) in [5.74, 6) is -0.793. The second-order valence-corrected chi connectivity index (χ2v) is 15.4. The molecule has 0 aromatic heterocycles. The Balaban J connectivity index is 4.16. The number of aliphatic hydroxyl groups is 3. The lowest BCUT2D eigenvalue weighted by Gasteiger charge is -2.29. The molecule has 0 saturated carbocycles. The zero-order valence-electron chi connectivity index (χ0n) is 31.1. The van der Waals surface area contributed by atoms with Gasteiger partial charge in [-0.1, -0.05) is 200 Å². The SMILES string of the molecule is CCCCCCCCCCCCCCCCCCC(O)C(=O)N[C@H](C(O)OP(=O)(O)O)[C@H](O)CCCCCCCCCCCCCCC. The maximum absolute atomic E-state index is 12.7. The summed E-state index contributed by atoms with van der Waals surface area (Å²) in [6.07, 6.45) is 30.6. The van der Waals surface area contributed by atoms with Crippen molar-refractivity contribution in [2.75, 3.05) is 0 Å². The molecule has 48 heavy (non-hydrogen) atoms. The highest BCUT2D eigenvalue weighted by molar-refractivity contribution is 7.46. The van der Waals surface area contributed by atoms with Gasteiger partial charge in [0.15, 0.2) is 6.29 Å². The Morgan fingerprint density at radius 3 is 1.12 bits per heavy atom. The minimum Gasteiger partial charge on any atom is -0.391 e. The van der Waals surface area contributed by atoms with Crippen molar-refractivity contribution in [3.05, 3.63) is 0 Å². The van der Waals surface area contributed by atoms with Gasteiger partial charge in [-0.25, -0.2) is 4.57 Å². The number of unbranched alkanes of at least 4 members (excludes halogenated alkanes) is 27. The first-order chi connectivity index (χ1) is 23.1. The number of hydrogen-bond acceptors (Lipinski definition) is 6. The molecule has 4 atom stereocenters. The van der Waals surface area contributed by atoms with Gasteiger partial charge >= 0.3 is 7.82 Å². The van der Waals surface area contributed by atoms with Gasteiger partial charge in [0.2, 0.25) is 5.91 Å². The molecule has 0 radical (unpaired) electrons. The molecule has 1 amide bonds. The Hall–Kier alpha value is -0.540. The molecular formula is C38H78NO8P. The van der Waals surface area contributed by atoms with Gasteiger partial charge in [0, 0.05) is 0 Å². The quantitative estimate of drug-likeness (QED) is 0.0212. The standard InChI is InChI=1S/C38H78NO8P/c1-3-5-7-9-11-13-15-17-18-19-21-23-25-27-29-31-33-35(41)37(42)39-36(38(43)47-48(44,45)46)34(40)32-30-28-26-24-22-20-16-14-12-10-8-6-4-2/h34-36,38,40-41,43H,3-33H2,1-2H3,(H,39,42)(H2,44,45,46)/t34-,35?,36+,38?/m1/s1. The van der Waals surface area contributed by atoms with E-state index >= 15 is 0 Å². The number of aliphatic hydroxyl groups excluding tert-OH is 3. The predicted molar refractivity (Wildman–Crippen MR) is 198 cm³/mol. The van der Waals surface area contributed by atoms with Crippen LogP contribution in [0.3, 0.4) is 0 Å². The molecule has 0 spiro atoms. The van der Waals surface area contributed by atoms with Gasteiger partial charge in [-0.15, -0.1) is 0 Å². The van der Waals surface area contributed by atoms with E-state index in [4.69, 9.17) is 9.79 Å². The van der Waals surface area contributed by atoms with Crippen LogP contribution in [0.25, 0.3) is 0 Å². The molecule has 0 heterocycles. The lowest BCUT2D eigenvalue weighted by atomic mass is 10.0. The topological polar surface area (TPSA) is 157 Å². The van der Waals surface area contributed by atoms with E-state index in [1.165, 1.54) is 135 Å². The normalized spacial score (nSPS) is 14.6. The van der Waals surface area contributed by atoms with Crippen LogP contribution < -0.4 is 5.32 Å². The third-order valence-electron chi connectivity index (χ3n) is 9.51. The number of carbonyl (C=O) groups excluding carboxylic acids is 1. The summed E-state index contributed by atoms with van der Waals surface area (Å²) >= 11 is 0. The number of nitrogens with one attached hydrogen (secondary N) is 1. The largest absolute Gasteiger partial charge is 0.471 e. The zero-order valence-corrected chi connectivity index (χ0v) is 32.0. The molecule has 0 bridgehead atoms. The van der Waals surface area contributed by atoms with Crippen LogP contribution in [-0.2, 0) is 13.9 Å². The third-order valence-corrected chi connectivity index (χ3v) is 10.0. The highest BCUT2D eigenvalue weighted by Crippen LogP contribution is 2.38. The lowest BCUT2D eigenvalue weighted by molar-refractivity contribution is -0.139. The van der Waals surface area contributed by atoms with E-state index in [9.17, 15) is 24.7 Å². The second-order valence-electron chi connectivity index (χ2n) is 14.2. The molecular weight excluding hydrogens is 629 g/mol. The summed E-state index contributed by atoms with van der Waals surface area (Å²) in [5.41, 5.74) is 0. The molecule has 0 aliphatic heterocycles. The van der Waals surface area contributed by atoms with E-state index < -0.39 is 38.3 Å². The molecule has 0 saturated heterocycles. The van der Waals surface area contributed by atoms with Crippen molar-refractivity contribution in [2.24, 2.45) is 0 Å². The summed E-state index contributed by atoms with van der Waals surface area (Å²) in [6, 6.07) is -1.47. The molecule has 0 aromatic rings. The smallest absolute Gasteiger partial charge is 0.391 e. The fourth-order valence-corrected chi connectivity index (χ4v) is 6.80. The van der Waals surface area contributed by atoms with Gasteiger partial charge in [-0.3, -0.25) is 9.32 Å². The van der Waals surface area contributed by atoms with Gasteiger partial charge in [0.05, 0.1) is 6.10 Å². The molecule has 0 aliphatic rings. The Bertz CT molecular complexity index is 752. The fourth-order valence-electron chi connectivity index (χ4n) is 6.39. The van der Waals surface area contributed by atoms with E-state index in [0.29, 0.717) is 12.8 Å². The molecule has 9 nitrogen and oxygen atoms in total. The van der Waals surface area contributed by atoms with Crippen LogP contribution in [0.5, 0.6) is 0 Å². The molecule has 10 heteroatoms. The molecule has 288 valence electrons. The summed E-state index contributed by atoms with van der Waals surface area (Å²) in [5, 5.41) is 33.8. The number of phosphoric ester groups is 1. The number of rotatable bonds is 37. The zero-order chi connectivity index (χ0) is 35.7. The van der Waals surface area contributed by atoms with Crippen molar-refractivity contribution in [1.82, 2.24) is 5.32 Å². The van der Waals surface area contributed by atoms with E-state index in [-0.39, 0.29) is 12.8 Å². The van der Waals surface area contributed by atoms with Crippen LogP contribution in [-0.4, -0.2) is 55.6 Å². The van der Waals surface area contributed by atoms with Gasteiger partial charge in [0.1, 0.15) is 12.1 Å². The summed E-state index contributed by atoms with van der Waals surface area (Å²) < 4.78 is 15.7. The van der Waals surface area contributed by atoms with Gasteiger partial charge < -0.3 is 30.4 Å². The van der Waals surface area contributed by atoms with Crippen LogP contribution in [0.4, 0.5) is 0 Å². The Labute approximate surface area is 295 Å². The van der Waals surface area contributed by atoms with Crippen molar-refractivity contribution in [3.8, 4) is 0 Å². The summed E-state index contributed by atoms with van der Waals surface area (Å²) in [7, 11) is -5.06. The third kappa shape index (κ3) is 31.4. The van der Waals surface area contributed by atoms with E-state index in [1.807, 2.05) is 0 Å². The van der Waals surface area contributed by atoms with Crippen LogP contribution in [0.2, 0.25) is 0 Å².